The van der Waals surface area contributed by atoms with Gasteiger partial charge >= 0.3 is 0 Å². The molecule has 140 valence electrons. The topological polar surface area (TPSA) is 102 Å². The number of hydrogen-bond acceptors (Lipinski definition) is 7. The van der Waals surface area contributed by atoms with Crippen molar-refractivity contribution in [1.82, 2.24) is 4.90 Å². The van der Waals surface area contributed by atoms with Crippen LogP contribution in [0.1, 0.15) is 27.1 Å². The van der Waals surface area contributed by atoms with Crippen molar-refractivity contribution < 1.29 is 33.7 Å². The first-order chi connectivity index (χ1) is 12.7. The minimum atomic E-state index is -0.676. The Balaban J connectivity index is 1.36. The Bertz CT molecular complexity index is 642. The van der Waals surface area contributed by atoms with E-state index in [1.165, 1.54) is 4.90 Å². The van der Waals surface area contributed by atoms with Crippen LogP contribution in [0, 0.1) is 5.92 Å². The molecule has 3 rings (SSSR count). The standard InChI is InChI=1S/C18H21NO7/c20-10-12-9-13(11-21)26-18(12)25-8-7-24-6-5-19-16(22)14-3-1-2-4-15(14)17(19)23/h1-4,10,12-13,18,21H,5-9,11H2/t12?,13-,18+/m0/s1. The van der Waals surface area contributed by atoms with Crippen LogP contribution in [0.2, 0.25) is 0 Å². The predicted octanol–water partition coefficient (Wildman–Crippen LogP) is 0.238. The lowest BCUT2D eigenvalue weighted by Crippen LogP contribution is -2.33. The molecule has 8 heteroatoms. The van der Waals surface area contributed by atoms with Gasteiger partial charge in [0.25, 0.3) is 11.8 Å². The average molecular weight is 363 g/mol. The molecule has 1 unspecified atom stereocenters. The van der Waals surface area contributed by atoms with Crippen LogP contribution in [-0.2, 0) is 19.0 Å². The fourth-order valence-corrected chi connectivity index (χ4v) is 3.08. The second-order valence-corrected chi connectivity index (χ2v) is 6.14. The predicted molar refractivity (Wildman–Crippen MR) is 88.5 cm³/mol. The highest BCUT2D eigenvalue weighted by Gasteiger charge is 2.36. The number of rotatable bonds is 9. The van der Waals surface area contributed by atoms with E-state index in [-0.39, 0.29) is 50.9 Å². The van der Waals surface area contributed by atoms with Gasteiger partial charge in [-0.25, -0.2) is 0 Å². The first-order valence-corrected chi connectivity index (χ1v) is 8.52. The van der Waals surface area contributed by atoms with Gasteiger partial charge in [-0.05, 0) is 18.6 Å². The van der Waals surface area contributed by atoms with Gasteiger partial charge < -0.3 is 24.1 Å². The van der Waals surface area contributed by atoms with Crippen molar-refractivity contribution in [2.45, 2.75) is 18.8 Å². The number of hydrogen-bond donors (Lipinski definition) is 1. The Hall–Kier alpha value is -2.13. The first-order valence-electron chi connectivity index (χ1n) is 8.52. The van der Waals surface area contributed by atoms with Crippen molar-refractivity contribution in [3.05, 3.63) is 35.4 Å². The molecule has 0 aliphatic carbocycles. The van der Waals surface area contributed by atoms with E-state index in [0.29, 0.717) is 17.5 Å². The molecule has 0 bridgehead atoms. The smallest absolute Gasteiger partial charge is 0.261 e. The third-order valence-electron chi connectivity index (χ3n) is 4.44. The van der Waals surface area contributed by atoms with Gasteiger partial charge in [0, 0.05) is 0 Å². The number of benzene rings is 1. The second-order valence-electron chi connectivity index (χ2n) is 6.14. The zero-order valence-electron chi connectivity index (χ0n) is 14.2. The lowest BCUT2D eigenvalue weighted by atomic mass is 10.1. The molecule has 0 saturated carbocycles. The molecule has 1 saturated heterocycles. The van der Waals surface area contributed by atoms with Crippen LogP contribution in [-0.4, -0.2) is 73.5 Å². The number of nitrogens with zero attached hydrogens (tertiary/aromatic N) is 1. The number of aldehydes is 1. The third-order valence-corrected chi connectivity index (χ3v) is 4.44. The van der Waals surface area contributed by atoms with Gasteiger partial charge in [0.05, 0.1) is 56.1 Å². The van der Waals surface area contributed by atoms with E-state index in [1.807, 2.05) is 0 Å². The normalized spacial score (nSPS) is 25.0. The summed E-state index contributed by atoms with van der Waals surface area (Å²) >= 11 is 0. The van der Waals surface area contributed by atoms with Gasteiger partial charge in [-0.15, -0.1) is 0 Å². The average Bonchev–Trinajstić information content (AvgIpc) is 3.18. The summed E-state index contributed by atoms with van der Waals surface area (Å²) in [5.74, 6) is -1.02. The maximum Gasteiger partial charge on any atom is 0.261 e. The van der Waals surface area contributed by atoms with E-state index in [1.54, 1.807) is 24.3 Å². The van der Waals surface area contributed by atoms with Gasteiger partial charge in [0.2, 0.25) is 0 Å². The molecule has 2 aliphatic rings. The Morgan fingerprint density at radius 2 is 1.85 bits per heavy atom. The highest BCUT2D eigenvalue weighted by atomic mass is 16.7. The Kier molecular flexibility index (Phi) is 6.10. The molecule has 26 heavy (non-hydrogen) atoms. The molecule has 1 fully saturated rings. The molecule has 2 heterocycles. The molecule has 1 aromatic carbocycles. The summed E-state index contributed by atoms with van der Waals surface area (Å²) < 4.78 is 16.3. The van der Waals surface area contributed by atoms with Crippen LogP contribution in [0.3, 0.4) is 0 Å². The number of ether oxygens (including phenoxy) is 3. The number of aliphatic hydroxyl groups is 1. The molecule has 0 spiro atoms. The highest BCUT2D eigenvalue weighted by molar-refractivity contribution is 6.21. The van der Waals surface area contributed by atoms with Crippen LogP contribution < -0.4 is 0 Å². The Morgan fingerprint density at radius 1 is 1.15 bits per heavy atom. The maximum atomic E-state index is 12.2. The molecule has 1 aromatic rings. The maximum absolute atomic E-state index is 12.2. The zero-order chi connectivity index (χ0) is 18.5. The van der Waals surface area contributed by atoms with Crippen LogP contribution >= 0.6 is 0 Å². The van der Waals surface area contributed by atoms with E-state index >= 15 is 0 Å². The quantitative estimate of drug-likeness (QED) is 0.381. The van der Waals surface area contributed by atoms with E-state index in [4.69, 9.17) is 19.3 Å². The number of imide groups is 1. The molecule has 8 nitrogen and oxygen atoms in total. The second kappa shape index (κ2) is 8.50. The minimum Gasteiger partial charge on any atom is -0.394 e. The van der Waals surface area contributed by atoms with Crippen LogP contribution in [0.15, 0.2) is 24.3 Å². The zero-order valence-corrected chi connectivity index (χ0v) is 14.2. The van der Waals surface area contributed by atoms with Crippen LogP contribution in [0.5, 0.6) is 0 Å². The Morgan fingerprint density at radius 3 is 2.46 bits per heavy atom. The molecular weight excluding hydrogens is 342 g/mol. The van der Waals surface area contributed by atoms with Gasteiger partial charge in [0.1, 0.15) is 6.29 Å². The first kappa shape index (κ1) is 18.7. The molecular formula is C18H21NO7. The molecule has 3 atom stereocenters. The van der Waals surface area contributed by atoms with E-state index in [0.717, 1.165) is 6.29 Å². The monoisotopic (exact) mass is 363 g/mol. The van der Waals surface area contributed by atoms with E-state index in [2.05, 4.69) is 0 Å². The van der Waals surface area contributed by atoms with Crippen molar-refractivity contribution in [3.63, 3.8) is 0 Å². The van der Waals surface area contributed by atoms with Crippen LogP contribution in [0.4, 0.5) is 0 Å². The van der Waals surface area contributed by atoms with Crippen molar-refractivity contribution in [2.24, 2.45) is 5.92 Å². The van der Waals surface area contributed by atoms with Crippen molar-refractivity contribution in [2.75, 3.05) is 33.0 Å². The van der Waals surface area contributed by atoms with E-state index in [9.17, 15) is 14.4 Å². The summed E-state index contributed by atoms with van der Waals surface area (Å²) in [4.78, 5) is 36.5. The van der Waals surface area contributed by atoms with E-state index < -0.39 is 12.2 Å². The van der Waals surface area contributed by atoms with Gasteiger partial charge in [-0.3, -0.25) is 14.5 Å². The number of aliphatic hydroxyl groups excluding tert-OH is 1. The van der Waals surface area contributed by atoms with Crippen LogP contribution in [0.25, 0.3) is 0 Å². The molecule has 1 N–H and O–H groups in total. The summed E-state index contributed by atoms with van der Waals surface area (Å²) in [6, 6.07) is 6.71. The fraction of sp³-hybridized carbons (Fsp3) is 0.500. The fourth-order valence-electron chi connectivity index (χ4n) is 3.08. The minimum absolute atomic E-state index is 0.152. The number of amides is 2. The van der Waals surface area contributed by atoms with Crippen molar-refractivity contribution in [3.8, 4) is 0 Å². The molecule has 2 amide bonds. The third kappa shape index (κ3) is 3.83. The van der Waals surface area contributed by atoms with Gasteiger partial charge in [-0.2, -0.15) is 0 Å². The molecule has 0 radical (unpaired) electrons. The van der Waals surface area contributed by atoms with Crippen molar-refractivity contribution >= 4 is 18.1 Å². The summed E-state index contributed by atoms with van der Waals surface area (Å²) in [5.41, 5.74) is 0.829. The number of fused-ring (bicyclic) bond motifs is 1. The number of carbonyl (C=O) groups excluding carboxylic acids is 3. The van der Waals surface area contributed by atoms with Crippen molar-refractivity contribution in [1.29, 1.82) is 0 Å². The van der Waals surface area contributed by atoms with Gasteiger partial charge in [-0.1, -0.05) is 12.1 Å². The lowest BCUT2D eigenvalue weighted by molar-refractivity contribution is -0.163. The van der Waals surface area contributed by atoms with Gasteiger partial charge in [0.15, 0.2) is 6.29 Å². The molecule has 2 aliphatic heterocycles. The largest absolute Gasteiger partial charge is 0.394 e. The lowest BCUT2D eigenvalue weighted by Gasteiger charge is -2.16. The highest BCUT2D eigenvalue weighted by Crippen LogP contribution is 2.25. The molecule has 0 aromatic heterocycles. The summed E-state index contributed by atoms with van der Waals surface area (Å²) in [6.45, 7) is 0.640. The summed E-state index contributed by atoms with van der Waals surface area (Å²) in [6.07, 6.45) is 0.142. The number of carbonyl (C=O) groups is 3. The SMILES string of the molecule is O=CC1C[C@@H](CO)O[C@H]1OCCOCCN1C(=O)c2ccccc2C1=O. The Labute approximate surface area is 150 Å². The summed E-state index contributed by atoms with van der Waals surface area (Å²) in [5, 5.41) is 9.07. The summed E-state index contributed by atoms with van der Waals surface area (Å²) in [7, 11) is 0.